The number of hydrogen-bond donors (Lipinski definition) is 1. The summed E-state index contributed by atoms with van der Waals surface area (Å²) in [5, 5.41) is 5.80. The van der Waals surface area contributed by atoms with E-state index in [0.717, 1.165) is 23.9 Å². The van der Waals surface area contributed by atoms with Gasteiger partial charge in [0.25, 0.3) is 0 Å². The molecule has 2 nitrogen and oxygen atoms in total. The second kappa shape index (κ2) is 7.49. The number of hydrogen-bond acceptors (Lipinski definition) is 2. The van der Waals surface area contributed by atoms with Gasteiger partial charge in [0.15, 0.2) is 0 Å². The lowest BCUT2D eigenvalue weighted by atomic mass is 10.1. The van der Waals surface area contributed by atoms with Gasteiger partial charge in [0, 0.05) is 23.5 Å². The number of pyridine rings is 1. The number of para-hydroxylation sites is 1. The lowest BCUT2D eigenvalue weighted by Crippen LogP contribution is -2.14. The Morgan fingerprint density at radius 3 is 2.89 bits per heavy atom. The van der Waals surface area contributed by atoms with Crippen LogP contribution < -0.4 is 5.32 Å². The van der Waals surface area contributed by atoms with E-state index in [1.165, 1.54) is 30.2 Å². The van der Waals surface area contributed by atoms with E-state index in [0.29, 0.717) is 0 Å². The molecule has 0 aliphatic carbocycles. The first kappa shape index (κ1) is 13.5. The van der Waals surface area contributed by atoms with Crippen molar-refractivity contribution in [3.8, 4) is 0 Å². The quantitative estimate of drug-likeness (QED) is 0.620. The van der Waals surface area contributed by atoms with Gasteiger partial charge < -0.3 is 5.32 Å². The van der Waals surface area contributed by atoms with Crippen LogP contribution in [0.3, 0.4) is 0 Å². The Morgan fingerprint density at radius 1 is 1.11 bits per heavy atom. The molecule has 3 heteroatoms. The van der Waals surface area contributed by atoms with Crippen LogP contribution >= 0.6 is 15.9 Å². The lowest BCUT2D eigenvalue weighted by molar-refractivity contribution is 0.619. The zero-order chi connectivity index (χ0) is 12.6. The van der Waals surface area contributed by atoms with Crippen molar-refractivity contribution in [2.75, 3.05) is 11.9 Å². The summed E-state index contributed by atoms with van der Waals surface area (Å²) in [6.07, 6.45) is 5.76. The molecule has 0 spiro atoms. The summed E-state index contributed by atoms with van der Waals surface area (Å²) < 4.78 is 0. The van der Waals surface area contributed by atoms with Gasteiger partial charge in [-0.05, 0) is 37.1 Å². The third-order valence-electron chi connectivity index (χ3n) is 2.96. The van der Waals surface area contributed by atoms with Crippen LogP contribution in [0.25, 0.3) is 10.9 Å². The molecule has 1 aromatic carbocycles. The summed E-state index contributed by atoms with van der Waals surface area (Å²) in [6, 6.07) is 10.5. The molecule has 0 bridgehead atoms. The van der Waals surface area contributed by atoms with Gasteiger partial charge in [-0.3, -0.25) is 4.98 Å². The van der Waals surface area contributed by atoms with Gasteiger partial charge in [0.1, 0.15) is 0 Å². The maximum Gasteiger partial charge on any atom is 0.0702 e. The largest absolute Gasteiger partial charge is 0.313 e. The fourth-order valence-electron chi connectivity index (χ4n) is 1.97. The van der Waals surface area contributed by atoms with E-state index < -0.39 is 0 Å². The molecule has 0 radical (unpaired) electrons. The smallest absolute Gasteiger partial charge is 0.0702 e. The molecule has 0 unspecified atom stereocenters. The Bertz CT molecular complexity index is 485. The highest BCUT2D eigenvalue weighted by atomic mass is 79.9. The number of unbranched alkanes of at least 4 members (excludes halogenated alkanes) is 2. The number of aromatic nitrogens is 1. The molecule has 0 aliphatic rings. The van der Waals surface area contributed by atoms with Crippen LogP contribution in [0.5, 0.6) is 0 Å². The zero-order valence-corrected chi connectivity index (χ0v) is 12.1. The van der Waals surface area contributed by atoms with Gasteiger partial charge in [0.2, 0.25) is 0 Å². The minimum absolute atomic E-state index is 0.909. The predicted octanol–water partition coefficient (Wildman–Crippen LogP) is 3.89. The fraction of sp³-hybridized carbons (Fsp3) is 0.400. The standard InChI is InChI=1S/C15H19BrN2/c16-8-4-1-5-9-17-11-13-10-14-6-2-3-7-15(14)18-12-13/h2-3,6-7,10,12,17H,1,4-5,8-9,11H2. The van der Waals surface area contributed by atoms with Crippen molar-refractivity contribution in [3.63, 3.8) is 0 Å². The number of fused-ring (bicyclic) bond motifs is 1. The summed E-state index contributed by atoms with van der Waals surface area (Å²) in [4.78, 5) is 4.46. The Balaban J connectivity index is 1.81. The molecule has 2 aromatic rings. The zero-order valence-electron chi connectivity index (χ0n) is 10.5. The van der Waals surface area contributed by atoms with E-state index >= 15 is 0 Å². The van der Waals surface area contributed by atoms with Crippen molar-refractivity contribution in [2.24, 2.45) is 0 Å². The van der Waals surface area contributed by atoms with Crippen molar-refractivity contribution in [1.29, 1.82) is 0 Å². The fourth-order valence-corrected chi connectivity index (χ4v) is 2.36. The minimum Gasteiger partial charge on any atom is -0.313 e. The molecular formula is C15H19BrN2. The van der Waals surface area contributed by atoms with Gasteiger partial charge in [-0.15, -0.1) is 0 Å². The molecule has 0 atom stereocenters. The monoisotopic (exact) mass is 306 g/mol. The number of nitrogens with zero attached hydrogens (tertiary/aromatic N) is 1. The molecule has 1 aromatic heterocycles. The molecule has 0 aliphatic heterocycles. The molecule has 2 rings (SSSR count). The second-order valence-electron chi connectivity index (χ2n) is 4.46. The summed E-state index contributed by atoms with van der Waals surface area (Å²) >= 11 is 3.45. The highest BCUT2D eigenvalue weighted by Gasteiger charge is 1.97. The number of benzene rings is 1. The first-order valence-electron chi connectivity index (χ1n) is 6.50. The topological polar surface area (TPSA) is 24.9 Å². The number of halogens is 1. The van der Waals surface area contributed by atoms with Crippen molar-refractivity contribution >= 4 is 26.8 Å². The molecule has 0 saturated carbocycles. The van der Waals surface area contributed by atoms with Gasteiger partial charge in [0.05, 0.1) is 5.52 Å². The number of rotatable bonds is 7. The van der Waals surface area contributed by atoms with Crippen LogP contribution in [0.2, 0.25) is 0 Å². The molecule has 1 N–H and O–H groups in total. The SMILES string of the molecule is BrCCCCCNCc1cnc2ccccc2c1. The van der Waals surface area contributed by atoms with Crippen LogP contribution in [-0.2, 0) is 6.54 Å². The van der Waals surface area contributed by atoms with E-state index in [-0.39, 0.29) is 0 Å². The van der Waals surface area contributed by atoms with E-state index in [1.807, 2.05) is 18.3 Å². The summed E-state index contributed by atoms with van der Waals surface area (Å²) in [5.41, 5.74) is 2.33. The lowest BCUT2D eigenvalue weighted by Gasteiger charge is -2.05. The first-order chi connectivity index (χ1) is 8.90. The normalized spacial score (nSPS) is 10.9. The third kappa shape index (κ3) is 4.07. The number of alkyl halides is 1. The summed E-state index contributed by atoms with van der Waals surface area (Å²) in [7, 11) is 0. The van der Waals surface area contributed by atoms with Crippen molar-refractivity contribution in [1.82, 2.24) is 10.3 Å². The maximum atomic E-state index is 4.46. The van der Waals surface area contributed by atoms with Gasteiger partial charge in [-0.1, -0.05) is 40.5 Å². The highest BCUT2D eigenvalue weighted by Crippen LogP contribution is 2.12. The van der Waals surface area contributed by atoms with Crippen LogP contribution in [-0.4, -0.2) is 16.9 Å². The summed E-state index contributed by atoms with van der Waals surface area (Å²) in [5.74, 6) is 0. The maximum absolute atomic E-state index is 4.46. The van der Waals surface area contributed by atoms with Crippen molar-refractivity contribution in [2.45, 2.75) is 25.8 Å². The molecule has 18 heavy (non-hydrogen) atoms. The predicted molar refractivity (Wildman–Crippen MR) is 81.1 cm³/mol. The number of nitrogens with one attached hydrogen (secondary N) is 1. The van der Waals surface area contributed by atoms with Crippen LogP contribution in [0.15, 0.2) is 36.5 Å². The van der Waals surface area contributed by atoms with E-state index in [2.05, 4.69) is 44.4 Å². The van der Waals surface area contributed by atoms with Gasteiger partial charge >= 0.3 is 0 Å². The second-order valence-corrected chi connectivity index (χ2v) is 5.26. The van der Waals surface area contributed by atoms with Gasteiger partial charge in [-0.2, -0.15) is 0 Å². The highest BCUT2D eigenvalue weighted by molar-refractivity contribution is 9.09. The minimum atomic E-state index is 0.909. The van der Waals surface area contributed by atoms with E-state index in [4.69, 9.17) is 0 Å². The Kier molecular flexibility index (Phi) is 5.62. The first-order valence-corrected chi connectivity index (χ1v) is 7.62. The third-order valence-corrected chi connectivity index (χ3v) is 3.52. The van der Waals surface area contributed by atoms with E-state index in [9.17, 15) is 0 Å². The average Bonchev–Trinajstić information content (AvgIpc) is 2.42. The molecular weight excluding hydrogens is 288 g/mol. The van der Waals surface area contributed by atoms with Crippen LogP contribution in [0.4, 0.5) is 0 Å². The Labute approximate surface area is 117 Å². The van der Waals surface area contributed by atoms with Crippen molar-refractivity contribution in [3.05, 3.63) is 42.1 Å². The molecule has 0 fully saturated rings. The van der Waals surface area contributed by atoms with Crippen molar-refractivity contribution < 1.29 is 0 Å². The van der Waals surface area contributed by atoms with Gasteiger partial charge in [-0.25, -0.2) is 0 Å². The van der Waals surface area contributed by atoms with Crippen LogP contribution in [0.1, 0.15) is 24.8 Å². The molecule has 1 heterocycles. The Hall–Kier alpha value is -0.930. The molecule has 0 amide bonds. The van der Waals surface area contributed by atoms with Crippen LogP contribution in [0, 0.1) is 0 Å². The average molecular weight is 307 g/mol. The Morgan fingerprint density at radius 2 is 2.00 bits per heavy atom. The van der Waals surface area contributed by atoms with E-state index in [1.54, 1.807) is 0 Å². The molecule has 0 saturated heterocycles. The molecule has 96 valence electrons. The summed E-state index contributed by atoms with van der Waals surface area (Å²) in [6.45, 7) is 1.99.